The van der Waals surface area contributed by atoms with E-state index in [1.807, 2.05) is 24.3 Å². The first kappa shape index (κ1) is 8.65. The van der Waals surface area contributed by atoms with Gasteiger partial charge in [-0.3, -0.25) is 0 Å². The molecular formula is C10H11O2-. The van der Waals surface area contributed by atoms with Gasteiger partial charge in [0.25, 0.3) is 0 Å². The summed E-state index contributed by atoms with van der Waals surface area (Å²) < 4.78 is 4.79. The van der Waals surface area contributed by atoms with Crippen LogP contribution in [0.25, 0.3) is 5.57 Å². The third-order valence-corrected chi connectivity index (χ3v) is 1.53. The molecule has 0 heterocycles. The van der Waals surface area contributed by atoms with Crippen LogP contribution in [0.1, 0.15) is 12.5 Å². The van der Waals surface area contributed by atoms with E-state index in [9.17, 15) is 4.79 Å². The molecule has 0 aliphatic carbocycles. The summed E-state index contributed by atoms with van der Waals surface area (Å²) in [4.78, 5) is 11.1. The number of carbonyl (C=O) groups is 1. The summed E-state index contributed by atoms with van der Waals surface area (Å²) in [7, 11) is 0. The third-order valence-electron chi connectivity index (χ3n) is 1.53. The van der Waals surface area contributed by atoms with Crippen LogP contribution in [0.2, 0.25) is 0 Å². The lowest BCUT2D eigenvalue weighted by Crippen LogP contribution is -2.04. The second-order valence-electron chi connectivity index (χ2n) is 2.37. The first-order chi connectivity index (χ1) is 5.75. The summed E-state index contributed by atoms with van der Waals surface area (Å²) in [6.45, 7) is 5.80. The van der Waals surface area contributed by atoms with Crippen LogP contribution in [0.4, 0.5) is 0 Å². The first-order valence-electron chi connectivity index (χ1n) is 3.83. The Balaban J connectivity index is 2.66. The van der Waals surface area contributed by atoms with Crippen LogP contribution in [0.3, 0.4) is 0 Å². The highest BCUT2D eigenvalue weighted by Crippen LogP contribution is 2.13. The van der Waals surface area contributed by atoms with Gasteiger partial charge < -0.3 is 4.74 Å². The maximum atomic E-state index is 11.1. The number of rotatable bonds is 3. The van der Waals surface area contributed by atoms with E-state index in [2.05, 4.69) is 6.58 Å². The summed E-state index contributed by atoms with van der Waals surface area (Å²) >= 11 is 0. The minimum absolute atomic E-state index is 0.344. The molecule has 0 atom stereocenters. The zero-order valence-electron chi connectivity index (χ0n) is 7.04. The SMILES string of the molecule is C=C(C(=O)OCC)c1cc[cH-]c1. The molecule has 0 radical (unpaired) electrons. The van der Waals surface area contributed by atoms with E-state index in [1.54, 1.807) is 6.92 Å². The van der Waals surface area contributed by atoms with Gasteiger partial charge in [-0.15, -0.1) is 0 Å². The van der Waals surface area contributed by atoms with E-state index in [0.29, 0.717) is 12.2 Å². The number of esters is 1. The summed E-state index contributed by atoms with van der Waals surface area (Å²) in [5, 5.41) is 0. The van der Waals surface area contributed by atoms with Gasteiger partial charge in [0, 0.05) is 0 Å². The molecular weight excluding hydrogens is 152 g/mol. The number of ether oxygens (including phenoxy) is 1. The van der Waals surface area contributed by atoms with E-state index in [1.165, 1.54) is 0 Å². The Hall–Kier alpha value is -1.44. The minimum Gasteiger partial charge on any atom is -0.463 e. The van der Waals surface area contributed by atoms with Crippen LogP contribution in [0.15, 0.2) is 30.8 Å². The summed E-state index contributed by atoms with van der Waals surface area (Å²) in [6, 6.07) is 7.39. The smallest absolute Gasteiger partial charge is 0.324 e. The Morgan fingerprint density at radius 1 is 1.75 bits per heavy atom. The van der Waals surface area contributed by atoms with E-state index < -0.39 is 0 Å². The van der Waals surface area contributed by atoms with Crippen LogP contribution in [-0.4, -0.2) is 12.6 Å². The topological polar surface area (TPSA) is 26.3 Å². The zero-order chi connectivity index (χ0) is 8.97. The fraction of sp³-hybridized carbons (Fsp3) is 0.200. The van der Waals surface area contributed by atoms with Crippen molar-refractivity contribution in [3.8, 4) is 0 Å². The van der Waals surface area contributed by atoms with Crippen molar-refractivity contribution < 1.29 is 9.53 Å². The van der Waals surface area contributed by atoms with Crippen LogP contribution in [0.5, 0.6) is 0 Å². The predicted octanol–water partition coefficient (Wildman–Crippen LogP) is 1.98. The zero-order valence-corrected chi connectivity index (χ0v) is 7.04. The lowest BCUT2D eigenvalue weighted by atomic mass is 10.1. The maximum absolute atomic E-state index is 11.1. The molecule has 0 fully saturated rings. The lowest BCUT2D eigenvalue weighted by molar-refractivity contribution is -0.136. The van der Waals surface area contributed by atoms with Crippen LogP contribution < -0.4 is 0 Å². The molecule has 0 saturated carbocycles. The monoisotopic (exact) mass is 163 g/mol. The first-order valence-corrected chi connectivity index (χ1v) is 3.83. The van der Waals surface area contributed by atoms with Gasteiger partial charge in [-0.25, -0.2) is 10.9 Å². The molecule has 64 valence electrons. The Labute approximate surface area is 71.8 Å². The van der Waals surface area contributed by atoms with Gasteiger partial charge in [-0.2, -0.15) is 23.8 Å². The fourth-order valence-corrected chi connectivity index (χ4v) is 0.911. The van der Waals surface area contributed by atoms with Gasteiger partial charge >= 0.3 is 5.97 Å². The molecule has 2 nitrogen and oxygen atoms in total. The molecule has 0 bridgehead atoms. The Morgan fingerprint density at radius 3 is 3.00 bits per heavy atom. The molecule has 2 heteroatoms. The van der Waals surface area contributed by atoms with E-state index in [-0.39, 0.29) is 5.97 Å². The van der Waals surface area contributed by atoms with Crippen LogP contribution >= 0.6 is 0 Å². The Bertz CT molecular complexity index is 270. The minimum atomic E-state index is -0.344. The maximum Gasteiger partial charge on any atom is 0.324 e. The molecule has 1 aromatic rings. The quantitative estimate of drug-likeness (QED) is 0.387. The van der Waals surface area contributed by atoms with Gasteiger partial charge in [-0.1, -0.05) is 6.58 Å². The molecule has 0 N–H and O–H groups in total. The predicted molar refractivity (Wildman–Crippen MR) is 47.7 cm³/mol. The van der Waals surface area contributed by atoms with Gasteiger partial charge in [0.15, 0.2) is 0 Å². The van der Waals surface area contributed by atoms with Gasteiger partial charge in [-0.05, 0) is 12.5 Å². The van der Waals surface area contributed by atoms with Crippen molar-refractivity contribution in [1.29, 1.82) is 0 Å². The summed E-state index contributed by atoms with van der Waals surface area (Å²) in [6.07, 6.45) is 0. The molecule has 0 spiro atoms. The van der Waals surface area contributed by atoms with E-state index in [0.717, 1.165) is 5.56 Å². The highest BCUT2D eigenvalue weighted by atomic mass is 16.5. The highest BCUT2D eigenvalue weighted by molar-refractivity contribution is 6.15. The average Bonchev–Trinajstić information content (AvgIpc) is 2.55. The number of hydrogen-bond donors (Lipinski definition) is 0. The largest absolute Gasteiger partial charge is 0.463 e. The van der Waals surface area contributed by atoms with Gasteiger partial charge in [0.05, 0.1) is 6.61 Å². The number of hydrogen-bond acceptors (Lipinski definition) is 2. The van der Waals surface area contributed by atoms with E-state index in [4.69, 9.17) is 4.74 Å². The molecule has 0 aliphatic rings. The second kappa shape index (κ2) is 3.81. The number of carbonyl (C=O) groups excluding carboxylic acids is 1. The van der Waals surface area contributed by atoms with Crippen molar-refractivity contribution >= 4 is 11.5 Å². The highest BCUT2D eigenvalue weighted by Gasteiger charge is 2.03. The molecule has 0 amide bonds. The summed E-state index contributed by atoms with van der Waals surface area (Å²) in [5.74, 6) is -0.344. The van der Waals surface area contributed by atoms with Crippen molar-refractivity contribution in [2.24, 2.45) is 0 Å². The third kappa shape index (κ3) is 1.78. The molecule has 1 aromatic carbocycles. The normalized spacial score (nSPS) is 9.42. The molecule has 0 aliphatic heterocycles. The van der Waals surface area contributed by atoms with Crippen LogP contribution in [-0.2, 0) is 9.53 Å². The molecule has 12 heavy (non-hydrogen) atoms. The van der Waals surface area contributed by atoms with Crippen molar-refractivity contribution in [2.45, 2.75) is 6.92 Å². The van der Waals surface area contributed by atoms with Crippen molar-refractivity contribution in [1.82, 2.24) is 0 Å². The lowest BCUT2D eigenvalue weighted by Gasteiger charge is -2.07. The van der Waals surface area contributed by atoms with Crippen molar-refractivity contribution in [2.75, 3.05) is 6.61 Å². The van der Waals surface area contributed by atoms with Crippen molar-refractivity contribution in [3.05, 3.63) is 36.4 Å². The molecule has 0 saturated heterocycles. The Kier molecular flexibility index (Phi) is 2.75. The van der Waals surface area contributed by atoms with Crippen molar-refractivity contribution in [3.63, 3.8) is 0 Å². The van der Waals surface area contributed by atoms with Gasteiger partial charge in [0.1, 0.15) is 0 Å². The standard InChI is InChI=1S/C10H11O2/c1-3-12-10(11)8(2)9-6-4-5-7-9/h4-7H,2-3H2,1H3/q-1. The summed E-state index contributed by atoms with van der Waals surface area (Å²) in [5.41, 5.74) is 1.25. The Morgan fingerprint density at radius 2 is 2.50 bits per heavy atom. The van der Waals surface area contributed by atoms with E-state index >= 15 is 0 Å². The molecule has 0 unspecified atom stereocenters. The van der Waals surface area contributed by atoms with Gasteiger partial charge in [0.2, 0.25) is 0 Å². The molecule has 1 rings (SSSR count). The molecule has 0 aromatic heterocycles. The second-order valence-corrected chi connectivity index (χ2v) is 2.37. The fourth-order valence-electron chi connectivity index (χ4n) is 0.911. The van der Waals surface area contributed by atoms with Crippen LogP contribution in [0, 0.1) is 0 Å². The average molecular weight is 163 g/mol.